The molecule has 9 nitrogen and oxygen atoms in total. The van der Waals surface area contributed by atoms with Gasteiger partial charge in [0, 0.05) is 5.56 Å². The second-order valence-electron chi connectivity index (χ2n) is 3.56. The van der Waals surface area contributed by atoms with Crippen LogP contribution in [0.4, 0.5) is 4.79 Å². The minimum absolute atomic E-state index is 0.0474. The Morgan fingerprint density at radius 1 is 1.33 bits per heavy atom. The van der Waals surface area contributed by atoms with Crippen molar-refractivity contribution in [2.75, 3.05) is 13.2 Å². The Morgan fingerprint density at radius 3 is 2.48 bits per heavy atom. The molecule has 0 aliphatic heterocycles. The Morgan fingerprint density at radius 2 is 2.00 bits per heavy atom. The second kappa shape index (κ2) is 7.68. The largest absolute Gasteiger partial charge is 0.472 e. The van der Waals surface area contributed by atoms with Crippen LogP contribution in [0.3, 0.4) is 0 Å². The number of alkyl carbamates (subject to hydrolysis) is 1. The highest BCUT2D eigenvalue weighted by Gasteiger charge is 2.32. The van der Waals surface area contributed by atoms with Crippen LogP contribution in [0.15, 0.2) is 28.7 Å². The van der Waals surface area contributed by atoms with E-state index in [0.29, 0.717) is 0 Å². The molecule has 0 aromatic carbocycles. The lowest BCUT2D eigenvalue weighted by Crippen LogP contribution is -2.28. The van der Waals surface area contributed by atoms with Crippen LogP contribution in [-0.2, 0) is 14.3 Å². The van der Waals surface area contributed by atoms with Gasteiger partial charge in [0.2, 0.25) is 0 Å². The summed E-state index contributed by atoms with van der Waals surface area (Å²) < 4.78 is 14.1. The molecule has 0 fully saturated rings. The normalized spacial score (nSPS) is 11.3. The smallest absolute Gasteiger partial charge is 0.412 e. The maximum atomic E-state index is 11.7. The number of hydrogen-bond donors (Lipinski definition) is 1. The van der Waals surface area contributed by atoms with Crippen LogP contribution in [0, 0.1) is 10.1 Å². The number of carbonyl (C=O) groups is 2. The van der Waals surface area contributed by atoms with Gasteiger partial charge in [0.05, 0.1) is 30.7 Å². The van der Waals surface area contributed by atoms with Crippen molar-refractivity contribution in [3.8, 4) is 0 Å². The number of ether oxygens (including phenoxy) is 2. The first-order chi connectivity index (χ1) is 10.0. The zero-order valence-electron chi connectivity index (χ0n) is 11.5. The van der Waals surface area contributed by atoms with Gasteiger partial charge in [-0.2, -0.15) is 0 Å². The van der Waals surface area contributed by atoms with E-state index < -0.39 is 22.7 Å². The van der Waals surface area contributed by atoms with Gasteiger partial charge >= 0.3 is 17.8 Å². The zero-order chi connectivity index (χ0) is 15.8. The number of furan rings is 1. The lowest BCUT2D eigenvalue weighted by molar-refractivity contribution is -0.420. The molecule has 1 aromatic rings. The van der Waals surface area contributed by atoms with Crippen LogP contribution in [0.5, 0.6) is 0 Å². The summed E-state index contributed by atoms with van der Waals surface area (Å²) in [6, 6.07) is 1.35. The Bertz CT molecular complexity index is 548. The van der Waals surface area contributed by atoms with Crippen LogP contribution in [0.2, 0.25) is 0 Å². The van der Waals surface area contributed by atoms with Gasteiger partial charge in [0.15, 0.2) is 0 Å². The van der Waals surface area contributed by atoms with Gasteiger partial charge in [-0.15, -0.1) is 0 Å². The van der Waals surface area contributed by atoms with E-state index >= 15 is 0 Å². The maximum absolute atomic E-state index is 11.7. The molecule has 0 atom stereocenters. The van der Waals surface area contributed by atoms with Crippen molar-refractivity contribution in [1.29, 1.82) is 0 Å². The summed E-state index contributed by atoms with van der Waals surface area (Å²) in [6.45, 7) is 3.10. The highest BCUT2D eigenvalue weighted by Crippen LogP contribution is 2.19. The lowest BCUT2D eigenvalue weighted by Gasteiger charge is -2.09. The third-order valence-corrected chi connectivity index (χ3v) is 2.20. The Labute approximate surface area is 119 Å². The van der Waals surface area contributed by atoms with Gasteiger partial charge in [0.1, 0.15) is 5.70 Å². The summed E-state index contributed by atoms with van der Waals surface area (Å²) >= 11 is 0. The molecular formula is C12H14N2O7. The van der Waals surface area contributed by atoms with Crippen molar-refractivity contribution >= 4 is 17.8 Å². The second-order valence-corrected chi connectivity index (χ2v) is 3.56. The Balaban J connectivity index is 3.29. The molecular weight excluding hydrogens is 284 g/mol. The summed E-state index contributed by atoms with van der Waals surface area (Å²) in [5, 5.41) is 13.3. The van der Waals surface area contributed by atoms with Crippen molar-refractivity contribution in [1.82, 2.24) is 5.32 Å². The first-order valence-electron chi connectivity index (χ1n) is 6.03. The fourth-order valence-corrected chi connectivity index (χ4v) is 1.41. The molecule has 1 amide bonds. The first kappa shape index (κ1) is 16.2. The van der Waals surface area contributed by atoms with Crippen LogP contribution >= 0.6 is 0 Å². The third-order valence-electron chi connectivity index (χ3n) is 2.20. The summed E-state index contributed by atoms with van der Waals surface area (Å²) in [4.78, 5) is 33.4. The number of nitrogens with zero attached hydrogens (tertiary/aromatic N) is 1. The summed E-state index contributed by atoms with van der Waals surface area (Å²) in [5.41, 5.74) is -1.13. The number of nitro groups is 1. The molecule has 0 aliphatic rings. The van der Waals surface area contributed by atoms with E-state index in [2.05, 4.69) is 14.8 Å². The van der Waals surface area contributed by atoms with Gasteiger partial charge in [-0.1, -0.05) is 0 Å². The van der Waals surface area contributed by atoms with Crippen LogP contribution in [0.1, 0.15) is 19.4 Å². The molecule has 0 spiro atoms. The van der Waals surface area contributed by atoms with E-state index in [1.165, 1.54) is 19.3 Å². The SMILES string of the molecule is CCOC(=O)N/C(=C(\C(=O)OCC)[N+](=O)[O-])c1ccoc1. The molecule has 0 saturated heterocycles. The van der Waals surface area contributed by atoms with E-state index in [1.807, 2.05) is 0 Å². The molecule has 1 rings (SSSR count). The number of esters is 1. The Hall–Kier alpha value is -2.84. The molecule has 0 unspecified atom stereocenters. The highest BCUT2D eigenvalue weighted by molar-refractivity contribution is 5.97. The molecule has 1 heterocycles. The quantitative estimate of drug-likeness (QED) is 0.366. The van der Waals surface area contributed by atoms with Crippen molar-refractivity contribution < 1.29 is 28.4 Å². The van der Waals surface area contributed by atoms with Crippen molar-refractivity contribution in [3.63, 3.8) is 0 Å². The average Bonchev–Trinajstić information content (AvgIpc) is 2.91. The van der Waals surface area contributed by atoms with Gasteiger partial charge < -0.3 is 13.9 Å². The first-order valence-corrected chi connectivity index (χ1v) is 6.03. The molecule has 0 radical (unpaired) electrons. The molecule has 1 aromatic heterocycles. The zero-order valence-corrected chi connectivity index (χ0v) is 11.5. The number of hydrogen-bond acceptors (Lipinski definition) is 7. The predicted molar refractivity (Wildman–Crippen MR) is 69.4 cm³/mol. The minimum atomic E-state index is -1.17. The number of amides is 1. The van der Waals surface area contributed by atoms with Crippen LogP contribution < -0.4 is 5.32 Å². The van der Waals surface area contributed by atoms with E-state index in [-0.39, 0.29) is 24.5 Å². The fourth-order valence-electron chi connectivity index (χ4n) is 1.41. The molecule has 0 saturated carbocycles. The lowest BCUT2D eigenvalue weighted by atomic mass is 10.2. The molecule has 21 heavy (non-hydrogen) atoms. The standard InChI is InChI=1S/C12H14N2O7/c1-3-20-11(15)10(14(17)18)9(8-5-6-19-7-8)13-12(16)21-4-2/h5-7H,3-4H2,1-2H3,(H,13,16)/b10-9+. The van der Waals surface area contributed by atoms with Gasteiger partial charge in [-0.05, 0) is 19.9 Å². The molecule has 9 heteroatoms. The van der Waals surface area contributed by atoms with Crippen LogP contribution in [-0.4, -0.2) is 30.2 Å². The third kappa shape index (κ3) is 4.34. The molecule has 0 bridgehead atoms. The van der Waals surface area contributed by atoms with E-state index in [0.717, 1.165) is 6.26 Å². The maximum Gasteiger partial charge on any atom is 0.412 e. The van der Waals surface area contributed by atoms with Crippen molar-refractivity contribution in [2.24, 2.45) is 0 Å². The van der Waals surface area contributed by atoms with E-state index in [1.54, 1.807) is 6.92 Å². The minimum Gasteiger partial charge on any atom is -0.472 e. The van der Waals surface area contributed by atoms with E-state index in [4.69, 9.17) is 4.42 Å². The van der Waals surface area contributed by atoms with Gasteiger partial charge in [-0.25, -0.2) is 9.59 Å². The van der Waals surface area contributed by atoms with E-state index in [9.17, 15) is 19.7 Å². The van der Waals surface area contributed by atoms with Crippen molar-refractivity contribution in [3.05, 3.63) is 40.0 Å². The topological polar surface area (TPSA) is 121 Å². The van der Waals surface area contributed by atoms with Crippen LogP contribution in [0.25, 0.3) is 5.70 Å². The fraction of sp³-hybridized carbons (Fsp3) is 0.333. The summed E-state index contributed by atoms with van der Waals surface area (Å²) in [5.74, 6) is -1.17. The Kier molecular flexibility index (Phi) is 5.93. The summed E-state index contributed by atoms with van der Waals surface area (Å²) in [7, 11) is 0. The van der Waals surface area contributed by atoms with Gasteiger partial charge in [-0.3, -0.25) is 15.4 Å². The van der Waals surface area contributed by atoms with Crippen molar-refractivity contribution in [2.45, 2.75) is 13.8 Å². The molecule has 0 aliphatic carbocycles. The number of carbonyl (C=O) groups excluding carboxylic acids is 2. The average molecular weight is 298 g/mol. The highest BCUT2D eigenvalue weighted by atomic mass is 16.6. The number of rotatable bonds is 6. The predicted octanol–water partition coefficient (Wildman–Crippen LogP) is 1.53. The number of nitrogens with one attached hydrogen (secondary N) is 1. The van der Waals surface area contributed by atoms with Gasteiger partial charge in [0.25, 0.3) is 0 Å². The summed E-state index contributed by atoms with van der Waals surface area (Å²) in [6.07, 6.45) is 1.45. The molecule has 114 valence electrons. The monoisotopic (exact) mass is 298 g/mol. The molecule has 1 N–H and O–H groups in total.